The molecule has 0 unspecified atom stereocenters. The van der Waals surface area contributed by atoms with E-state index in [1.54, 1.807) is 7.11 Å². The maximum atomic E-state index is 5.18. The van der Waals surface area contributed by atoms with Gasteiger partial charge >= 0.3 is 0 Å². The molecular weight excluding hydrogens is 263 g/mol. The van der Waals surface area contributed by atoms with Crippen molar-refractivity contribution in [1.82, 2.24) is 14.4 Å². The second kappa shape index (κ2) is 4.77. The molecular formula is C16H16N4O. The summed E-state index contributed by atoms with van der Waals surface area (Å²) in [6.07, 6.45) is 6.45. The number of nitrogens with one attached hydrogen (secondary N) is 1. The summed E-state index contributed by atoms with van der Waals surface area (Å²) in [6.45, 7) is 0. The Kier molecular flexibility index (Phi) is 2.77. The van der Waals surface area contributed by atoms with E-state index in [1.807, 2.05) is 47.1 Å². The monoisotopic (exact) mass is 279 g/mol. The number of fused-ring (bicyclic) bond motifs is 1. The Bertz CT molecular complexity index is 775. The molecule has 1 aromatic carbocycles. The summed E-state index contributed by atoms with van der Waals surface area (Å²) in [5, 5.41) is 3.39. The van der Waals surface area contributed by atoms with Gasteiger partial charge in [-0.3, -0.25) is 4.40 Å². The van der Waals surface area contributed by atoms with Gasteiger partial charge in [-0.15, -0.1) is 0 Å². The van der Waals surface area contributed by atoms with E-state index in [1.165, 1.54) is 12.8 Å². The molecule has 1 saturated carbocycles. The minimum absolute atomic E-state index is 0.593. The van der Waals surface area contributed by atoms with Crippen LogP contribution in [0.25, 0.3) is 17.0 Å². The zero-order chi connectivity index (χ0) is 14.2. The standard InChI is InChI=1S/C16H16N4O/c1-21-13-6-2-11(3-7-13)14-10-20-9-8-15(17-12-4-5-12)19-16(20)18-14/h2-3,6-10,12H,4-5H2,1H3,(H,17,18,19)/i1-1. The molecule has 2 aromatic heterocycles. The first kappa shape index (κ1) is 12.2. The number of hydrogen-bond donors (Lipinski definition) is 1. The molecule has 106 valence electrons. The number of ether oxygens (including phenoxy) is 1. The predicted molar refractivity (Wildman–Crippen MR) is 81.6 cm³/mol. The third kappa shape index (κ3) is 2.42. The highest BCUT2D eigenvalue weighted by Crippen LogP contribution is 2.25. The molecule has 2 heterocycles. The average molecular weight is 279 g/mol. The lowest BCUT2D eigenvalue weighted by Crippen LogP contribution is -2.03. The first-order chi connectivity index (χ1) is 10.3. The van der Waals surface area contributed by atoms with Gasteiger partial charge < -0.3 is 10.1 Å². The van der Waals surface area contributed by atoms with Crippen molar-refractivity contribution in [1.29, 1.82) is 0 Å². The van der Waals surface area contributed by atoms with E-state index in [4.69, 9.17) is 4.74 Å². The molecule has 0 amide bonds. The van der Waals surface area contributed by atoms with Crippen LogP contribution in [0, 0.1) is 0 Å². The van der Waals surface area contributed by atoms with E-state index in [-0.39, 0.29) is 0 Å². The van der Waals surface area contributed by atoms with Gasteiger partial charge in [0.2, 0.25) is 5.78 Å². The lowest BCUT2D eigenvalue weighted by molar-refractivity contribution is 0.415. The van der Waals surface area contributed by atoms with Gasteiger partial charge in [0.15, 0.2) is 0 Å². The van der Waals surface area contributed by atoms with E-state index in [0.717, 1.165) is 22.8 Å². The van der Waals surface area contributed by atoms with E-state index in [2.05, 4.69) is 15.3 Å². The van der Waals surface area contributed by atoms with Gasteiger partial charge in [-0.05, 0) is 43.2 Å². The van der Waals surface area contributed by atoms with Crippen molar-refractivity contribution in [2.24, 2.45) is 0 Å². The Hall–Kier alpha value is -2.56. The van der Waals surface area contributed by atoms with Crippen LogP contribution >= 0.6 is 0 Å². The highest BCUT2D eigenvalue weighted by atomic mass is 16.4. The fourth-order valence-corrected chi connectivity index (χ4v) is 2.29. The summed E-state index contributed by atoms with van der Waals surface area (Å²) >= 11 is 0. The molecule has 0 spiro atoms. The molecule has 0 aliphatic heterocycles. The number of aromatic nitrogens is 3. The van der Waals surface area contributed by atoms with Gasteiger partial charge in [0.25, 0.3) is 0 Å². The van der Waals surface area contributed by atoms with Crippen LogP contribution in [0.2, 0.25) is 0 Å². The highest BCUT2D eigenvalue weighted by Gasteiger charge is 2.21. The molecule has 0 radical (unpaired) electrons. The summed E-state index contributed by atoms with van der Waals surface area (Å²) < 4.78 is 7.12. The molecule has 0 bridgehead atoms. The number of hydrogen-bond acceptors (Lipinski definition) is 4. The molecule has 4 rings (SSSR count). The van der Waals surface area contributed by atoms with Crippen molar-refractivity contribution in [3.05, 3.63) is 42.7 Å². The van der Waals surface area contributed by atoms with Gasteiger partial charge in [-0.1, -0.05) is 0 Å². The zero-order valence-electron chi connectivity index (χ0n) is 11.8. The molecule has 1 fully saturated rings. The highest BCUT2D eigenvalue weighted by molar-refractivity contribution is 5.62. The lowest BCUT2D eigenvalue weighted by Gasteiger charge is -2.02. The van der Waals surface area contributed by atoms with E-state index < -0.39 is 0 Å². The topological polar surface area (TPSA) is 51.5 Å². The molecule has 1 N–H and O–H groups in total. The second-order valence-electron chi connectivity index (χ2n) is 5.29. The van der Waals surface area contributed by atoms with Gasteiger partial charge in [-0.25, -0.2) is 4.98 Å². The van der Waals surface area contributed by atoms with Crippen LogP contribution in [0.4, 0.5) is 5.82 Å². The summed E-state index contributed by atoms with van der Waals surface area (Å²) in [6, 6.07) is 10.5. The van der Waals surface area contributed by atoms with Gasteiger partial charge in [-0.2, -0.15) is 4.98 Å². The van der Waals surface area contributed by atoms with Crippen molar-refractivity contribution in [2.75, 3.05) is 12.4 Å². The fourth-order valence-electron chi connectivity index (χ4n) is 2.29. The van der Waals surface area contributed by atoms with Gasteiger partial charge in [0.05, 0.1) is 12.8 Å². The van der Waals surface area contributed by atoms with E-state index in [9.17, 15) is 0 Å². The Morgan fingerprint density at radius 2 is 1.95 bits per heavy atom. The van der Waals surface area contributed by atoms with Crippen molar-refractivity contribution >= 4 is 11.6 Å². The average Bonchev–Trinajstić information content (AvgIpc) is 3.23. The number of imidazole rings is 1. The maximum absolute atomic E-state index is 5.18. The first-order valence-corrected chi connectivity index (χ1v) is 7.08. The Balaban J connectivity index is 1.68. The number of methoxy groups -OCH3 is 1. The van der Waals surface area contributed by atoms with Crippen molar-refractivity contribution in [3.8, 4) is 17.0 Å². The third-order valence-corrected chi connectivity index (χ3v) is 3.64. The molecule has 21 heavy (non-hydrogen) atoms. The van der Waals surface area contributed by atoms with Crippen molar-refractivity contribution < 1.29 is 4.74 Å². The van der Waals surface area contributed by atoms with Crippen LogP contribution in [-0.4, -0.2) is 27.5 Å². The van der Waals surface area contributed by atoms with E-state index >= 15 is 0 Å². The van der Waals surface area contributed by atoms with Gasteiger partial charge in [0.1, 0.15) is 11.6 Å². The second-order valence-corrected chi connectivity index (χ2v) is 5.29. The van der Waals surface area contributed by atoms with Crippen LogP contribution in [0.15, 0.2) is 42.7 Å². The number of rotatable bonds is 4. The van der Waals surface area contributed by atoms with Crippen molar-refractivity contribution in [2.45, 2.75) is 18.9 Å². The van der Waals surface area contributed by atoms with Crippen LogP contribution in [0.5, 0.6) is 5.75 Å². The smallest absolute Gasteiger partial charge is 0.236 e. The predicted octanol–water partition coefficient (Wildman–Crippen LogP) is 2.98. The largest absolute Gasteiger partial charge is 0.497 e. The van der Waals surface area contributed by atoms with Crippen LogP contribution in [-0.2, 0) is 0 Å². The maximum Gasteiger partial charge on any atom is 0.236 e. The molecule has 3 aromatic rings. The fraction of sp³-hybridized carbons (Fsp3) is 0.250. The molecule has 0 atom stereocenters. The Labute approximate surface area is 122 Å². The Morgan fingerprint density at radius 1 is 1.14 bits per heavy atom. The number of anilines is 1. The molecule has 1 aliphatic carbocycles. The summed E-state index contributed by atoms with van der Waals surface area (Å²) in [5.74, 6) is 2.46. The van der Waals surface area contributed by atoms with Gasteiger partial charge in [0, 0.05) is 24.0 Å². The van der Waals surface area contributed by atoms with Crippen LogP contribution in [0.3, 0.4) is 0 Å². The zero-order valence-corrected chi connectivity index (χ0v) is 11.8. The summed E-state index contributed by atoms with van der Waals surface area (Å²) in [7, 11) is 1.66. The minimum atomic E-state index is 0.593. The number of benzene rings is 1. The summed E-state index contributed by atoms with van der Waals surface area (Å²) in [5.41, 5.74) is 1.96. The third-order valence-electron chi connectivity index (χ3n) is 3.64. The minimum Gasteiger partial charge on any atom is -0.497 e. The van der Waals surface area contributed by atoms with Crippen molar-refractivity contribution in [3.63, 3.8) is 0 Å². The Morgan fingerprint density at radius 3 is 2.67 bits per heavy atom. The normalized spacial score (nSPS) is 14.3. The molecule has 5 nitrogen and oxygen atoms in total. The summed E-state index contributed by atoms with van der Waals surface area (Å²) in [4.78, 5) is 9.15. The molecule has 1 aliphatic rings. The SMILES string of the molecule is [11CH3]Oc1ccc(-c2cn3ccc(NC4CC4)nc3n2)cc1. The quantitative estimate of drug-likeness (QED) is 0.797. The number of nitrogens with zero attached hydrogens (tertiary/aromatic N) is 3. The molecule has 0 saturated heterocycles. The van der Waals surface area contributed by atoms with E-state index in [0.29, 0.717) is 11.8 Å². The lowest BCUT2D eigenvalue weighted by atomic mass is 10.1. The van der Waals surface area contributed by atoms with Crippen LogP contribution < -0.4 is 10.1 Å². The first-order valence-electron chi connectivity index (χ1n) is 7.08. The molecule has 5 heteroatoms. The van der Waals surface area contributed by atoms with Crippen LogP contribution in [0.1, 0.15) is 12.8 Å².